The fourth-order valence-electron chi connectivity index (χ4n) is 2.17. The van der Waals surface area contributed by atoms with E-state index in [2.05, 4.69) is 0 Å². The lowest BCUT2D eigenvalue weighted by Gasteiger charge is -2.09. The summed E-state index contributed by atoms with van der Waals surface area (Å²) in [4.78, 5) is 0. The summed E-state index contributed by atoms with van der Waals surface area (Å²) >= 11 is 0. The van der Waals surface area contributed by atoms with Crippen LogP contribution in [-0.4, -0.2) is 0 Å². The SMILES string of the molecule is Fc1[c]cc(F)c(-c2cccc3ccccc23)c1F. The maximum absolute atomic E-state index is 13.8. The molecule has 0 aliphatic rings. The molecule has 0 unspecified atom stereocenters. The van der Waals surface area contributed by atoms with Crippen molar-refractivity contribution in [3.63, 3.8) is 0 Å². The number of hydrogen-bond acceptors (Lipinski definition) is 0. The molecule has 0 heterocycles. The quantitative estimate of drug-likeness (QED) is 0.553. The second-order valence-corrected chi connectivity index (χ2v) is 4.17. The minimum atomic E-state index is -1.21. The fourth-order valence-corrected chi connectivity index (χ4v) is 2.17. The van der Waals surface area contributed by atoms with Crippen LogP contribution in [0.4, 0.5) is 13.2 Å². The van der Waals surface area contributed by atoms with Crippen LogP contribution >= 0.6 is 0 Å². The van der Waals surface area contributed by atoms with E-state index >= 15 is 0 Å². The molecule has 0 N–H and O–H groups in total. The lowest BCUT2D eigenvalue weighted by atomic mass is 9.97. The Morgan fingerprint density at radius 3 is 2.42 bits per heavy atom. The van der Waals surface area contributed by atoms with Crippen molar-refractivity contribution in [2.24, 2.45) is 0 Å². The van der Waals surface area contributed by atoms with E-state index in [9.17, 15) is 13.2 Å². The Morgan fingerprint density at radius 1 is 0.842 bits per heavy atom. The molecule has 0 fully saturated rings. The van der Waals surface area contributed by atoms with E-state index in [1.807, 2.05) is 24.3 Å². The molecule has 0 saturated heterocycles. The molecule has 0 nitrogen and oxygen atoms in total. The molecule has 0 saturated carbocycles. The number of rotatable bonds is 1. The van der Waals surface area contributed by atoms with Gasteiger partial charge in [-0.2, -0.15) is 0 Å². The first kappa shape index (κ1) is 11.8. The van der Waals surface area contributed by atoms with Gasteiger partial charge < -0.3 is 0 Å². The topological polar surface area (TPSA) is 0 Å². The highest BCUT2D eigenvalue weighted by Gasteiger charge is 2.17. The predicted molar refractivity (Wildman–Crippen MR) is 68.1 cm³/mol. The van der Waals surface area contributed by atoms with E-state index in [0.717, 1.165) is 11.5 Å². The third kappa shape index (κ3) is 1.87. The summed E-state index contributed by atoms with van der Waals surface area (Å²) in [5, 5.41) is 1.51. The summed E-state index contributed by atoms with van der Waals surface area (Å²) in [5.41, 5.74) is -0.0194. The second kappa shape index (κ2) is 4.43. The van der Waals surface area contributed by atoms with Crippen LogP contribution in [0.5, 0.6) is 0 Å². The Kier molecular flexibility index (Phi) is 2.75. The smallest absolute Gasteiger partial charge is 0.170 e. The van der Waals surface area contributed by atoms with Gasteiger partial charge in [0.25, 0.3) is 0 Å². The van der Waals surface area contributed by atoms with Gasteiger partial charge >= 0.3 is 0 Å². The molecule has 0 aromatic heterocycles. The third-order valence-electron chi connectivity index (χ3n) is 3.04. The Morgan fingerprint density at radius 2 is 1.58 bits per heavy atom. The molecular weight excluding hydrogens is 249 g/mol. The van der Waals surface area contributed by atoms with Gasteiger partial charge in [0.15, 0.2) is 11.6 Å². The number of benzene rings is 3. The average Bonchev–Trinajstić information content (AvgIpc) is 2.44. The zero-order valence-corrected chi connectivity index (χ0v) is 9.75. The van der Waals surface area contributed by atoms with Gasteiger partial charge in [0.05, 0.1) is 5.56 Å². The minimum absolute atomic E-state index is 0.334. The highest BCUT2D eigenvalue weighted by Crippen LogP contribution is 2.33. The summed E-state index contributed by atoms with van der Waals surface area (Å²) < 4.78 is 40.9. The van der Waals surface area contributed by atoms with Crippen molar-refractivity contribution < 1.29 is 13.2 Å². The largest absolute Gasteiger partial charge is 0.206 e. The maximum atomic E-state index is 13.8. The molecule has 1 radical (unpaired) electrons. The highest BCUT2D eigenvalue weighted by molar-refractivity contribution is 5.96. The van der Waals surface area contributed by atoms with Gasteiger partial charge in [-0.15, -0.1) is 0 Å². The van der Waals surface area contributed by atoms with Crippen molar-refractivity contribution in [1.82, 2.24) is 0 Å². The third-order valence-corrected chi connectivity index (χ3v) is 3.04. The maximum Gasteiger partial charge on any atom is 0.170 e. The average molecular weight is 257 g/mol. The molecule has 93 valence electrons. The van der Waals surface area contributed by atoms with Gasteiger partial charge in [0, 0.05) is 6.07 Å². The molecule has 0 amide bonds. The van der Waals surface area contributed by atoms with Crippen molar-refractivity contribution in [2.75, 3.05) is 0 Å². The van der Waals surface area contributed by atoms with E-state index in [4.69, 9.17) is 0 Å². The molecule has 0 atom stereocenters. The van der Waals surface area contributed by atoms with Crippen molar-refractivity contribution in [1.29, 1.82) is 0 Å². The minimum Gasteiger partial charge on any atom is -0.206 e. The number of hydrogen-bond donors (Lipinski definition) is 0. The molecule has 3 aromatic carbocycles. The van der Waals surface area contributed by atoms with E-state index in [0.29, 0.717) is 10.9 Å². The number of halogens is 3. The summed E-state index contributed by atoms with van der Waals surface area (Å²) in [5.74, 6) is -3.21. The normalized spacial score (nSPS) is 10.9. The van der Waals surface area contributed by atoms with Crippen molar-refractivity contribution >= 4 is 10.8 Å². The van der Waals surface area contributed by atoms with E-state index in [-0.39, 0.29) is 5.56 Å². The van der Waals surface area contributed by atoms with Crippen LogP contribution in [0, 0.1) is 23.5 Å². The first-order valence-corrected chi connectivity index (χ1v) is 5.72. The van der Waals surface area contributed by atoms with Gasteiger partial charge in [-0.3, -0.25) is 0 Å². The van der Waals surface area contributed by atoms with Crippen LogP contribution in [0.2, 0.25) is 0 Å². The highest BCUT2D eigenvalue weighted by atomic mass is 19.2. The van der Waals surface area contributed by atoms with Gasteiger partial charge in [0.2, 0.25) is 0 Å². The standard InChI is InChI=1S/C16H8F3/c17-13-8-9-14(18)16(19)15(13)12-7-3-5-10-4-1-2-6-11(10)12/h1-8H. The van der Waals surface area contributed by atoms with Crippen molar-refractivity contribution in [3.05, 3.63) is 72.0 Å². The zero-order chi connectivity index (χ0) is 13.4. The van der Waals surface area contributed by atoms with Crippen LogP contribution in [0.25, 0.3) is 21.9 Å². The van der Waals surface area contributed by atoms with E-state index in [1.165, 1.54) is 0 Å². The summed E-state index contributed by atoms with van der Waals surface area (Å²) in [6.45, 7) is 0. The summed E-state index contributed by atoms with van der Waals surface area (Å²) in [6, 6.07) is 15.0. The Hall–Kier alpha value is -2.29. The van der Waals surface area contributed by atoms with Crippen molar-refractivity contribution in [2.45, 2.75) is 0 Å². The first-order chi connectivity index (χ1) is 9.18. The molecule has 0 aliphatic carbocycles. The predicted octanol–water partition coefficient (Wildman–Crippen LogP) is 4.72. The van der Waals surface area contributed by atoms with Crippen LogP contribution in [0.1, 0.15) is 0 Å². The van der Waals surface area contributed by atoms with Gasteiger partial charge in [-0.05, 0) is 22.4 Å². The van der Waals surface area contributed by atoms with Gasteiger partial charge in [0.1, 0.15) is 5.82 Å². The molecule has 0 bridgehead atoms. The lowest BCUT2D eigenvalue weighted by molar-refractivity contribution is 0.497. The van der Waals surface area contributed by atoms with Crippen LogP contribution in [0.3, 0.4) is 0 Å². The Labute approximate surface area is 108 Å². The monoisotopic (exact) mass is 257 g/mol. The van der Waals surface area contributed by atoms with Crippen molar-refractivity contribution in [3.8, 4) is 11.1 Å². The van der Waals surface area contributed by atoms with Gasteiger partial charge in [-0.25, -0.2) is 13.2 Å². The summed E-state index contributed by atoms with van der Waals surface area (Å²) in [7, 11) is 0. The molecule has 0 spiro atoms. The fraction of sp³-hybridized carbons (Fsp3) is 0. The van der Waals surface area contributed by atoms with Gasteiger partial charge in [-0.1, -0.05) is 42.5 Å². The Balaban J connectivity index is 2.40. The number of fused-ring (bicyclic) bond motifs is 1. The molecule has 3 aromatic rings. The van der Waals surface area contributed by atoms with Crippen LogP contribution in [-0.2, 0) is 0 Å². The lowest BCUT2D eigenvalue weighted by Crippen LogP contribution is -1.95. The molecule has 0 aliphatic heterocycles. The Bertz CT molecular complexity index is 758. The van der Waals surface area contributed by atoms with Crippen LogP contribution in [0.15, 0.2) is 48.5 Å². The second-order valence-electron chi connectivity index (χ2n) is 4.17. The molecule has 3 rings (SSSR count). The first-order valence-electron chi connectivity index (χ1n) is 5.72. The molecular formula is C16H8F3. The molecule has 3 heteroatoms. The van der Waals surface area contributed by atoms with E-state index in [1.54, 1.807) is 24.3 Å². The van der Waals surface area contributed by atoms with Crippen LogP contribution < -0.4 is 0 Å². The van der Waals surface area contributed by atoms with E-state index < -0.39 is 17.5 Å². The zero-order valence-electron chi connectivity index (χ0n) is 9.75. The molecule has 19 heavy (non-hydrogen) atoms. The summed E-state index contributed by atoms with van der Waals surface area (Å²) in [6.07, 6.45) is 0.